The summed E-state index contributed by atoms with van der Waals surface area (Å²) >= 11 is 0. The summed E-state index contributed by atoms with van der Waals surface area (Å²) in [7, 11) is 2.17. The number of likely N-dealkylation sites (tertiary alicyclic amines) is 1. The Kier molecular flexibility index (Phi) is 5.67. The van der Waals surface area contributed by atoms with Crippen LogP contribution >= 0.6 is 0 Å². The summed E-state index contributed by atoms with van der Waals surface area (Å²) in [6.45, 7) is 7.11. The Morgan fingerprint density at radius 2 is 1.73 bits per heavy atom. The molecule has 162 valence electrons. The van der Waals surface area contributed by atoms with E-state index in [1.165, 1.54) is 6.07 Å². The van der Waals surface area contributed by atoms with Crippen molar-refractivity contribution in [1.29, 1.82) is 0 Å². The Bertz CT molecular complexity index is 864. The van der Waals surface area contributed by atoms with Crippen LogP contribution in [-0.4, -0.2) is 78.3 Å². The van der Waals surface area contributed by atoms with Gasteiger partial charge in [-0.05, 0) is 56.0 Å². The van der Waals surface area contributed by atoms with E-state index in [9.17, 15) is 9.50 Å². The number of hydrogen-bond acceptors (Lipinski definition) is 5. The van der Waals surface area contributed by atoms with Gasteiger partial charge in [0.1, 0.15) is 17.3 Å². The first-order valence-electron chi connectivity index (χ1n) is 11.2. The van der Waals surface area contributed by atoms with Crippen molar-refractivity contribution in [3.05, 3.63) is 48.0 Å². The molecule has 30 heavy (non-hydrogen) atoms. The van der Waals surface area contributed by atoms with Gasteiger partial charge in [-0.2, -0.15) is 0 Å². The van der Waals surface area contributed by atoms with Gasteiger partial charge in [0, 0.05) is 45.3 Å². The van der Waals surface area contributed by atoms with Crippen molar-refractivity contribution in [3.8, 4) is 11.3 Å². The lowest BCUT2D eigenvalue weighted by Crippen LogP contribution is -2.55. The number of fused-ring (bicyclic) bond motifs is 1. The summed E-state index contributed by atoms with van der Waals surface area (Å²) in [5.41, 5.74) is 0.511. The summed E-state index contributed by atoms with van der Waals surface area (Å²) in [6.07, 6.45) is 1.77. The highest BCUT2D eigenvalue weighted by molar-refractivity contribution is 5.58. The molecule has 5 nitrogen and oxygen atoms in total. The highest BCUT2D eigenvalue weighted by Crippen LogP contribution is 2.39. The molecule has 2 aromatic rings. The molecule has 2 saturated heterocycles. The summed E-state index contributed by atoms with van der Waals surface area (Å²) in [5, 5.41) is 10.8. The molecular formula is C24H32FN3O2. The third-order valence-electron chi connectivity index (χ3n) is 7.37. The second-order valence-electron chi connectivity index (χ2n) is 9.41. The average molecular weight is 414 g/mol. The van der Waals surface area contributed by atoms with Crippen LogP contribution in [0.4, 0.5) is 4.39 Å². The molecule has 1 aromatic carbocycles. The van der Waals surface area contributed by atoms with Crippen LogP contribution in [0, 0.1) is 17.7 Å². The molecule has 0 radical (unpaired) electrons. The molecule has 3 aliphatic rings. The summed E-state index contributed by atoms with van der Waals surface area (Å²) < 4.78 is 20.0. The lowest BCUT2D eigenvalue weighted by Gasteiger charge is -2.44. The van der Waals surface area contributed by atoms with Crippen molar-refractivity contribution in [2.45, 2.75) is 31.5 Å². The molecule has 0 unspecified atom stereocenters. The van der Waals surface area contributed by atoms with E-state index >= 15 is 0 Å². The minimum absolute atomic E-state index is 0.217. The highest BCUT2D eigenvalue weighted by atomic mass is 19.1. The quantitative estimate of drug-likeness (QED) is 0.835. The number of nitrogens with zero attached hydrogens (tertiary/aromatic N) is 3. The van der Waals surface area contributed by atoms with Crippen LogP contribution in [0.5, 0.6) is 0 Å². The van der Waals surface area contributed by atoms with Gasteiger partial charge in [-0.25, -0.2) is 4.39 Å². The summed E-state index contributed by atoms with van der Waals surface area (Å²) in [6, 6.07) is 10.9. The van der Waals surface area contributed by atoms with Crippen LogP contribution in [0.3, 0.4) is 0 Å². The van der Waals surface area contributed by atoms with E-state index in [1.807, 2.05) is 18.2 Å². The van der Waals surface area contributed by atoms with Crippen molar-refractivity contribution in [1.82, 2.24) is 14.7 Å². The molecule has 0 bridgehead atoms. The van der Waals surface area contributed by atoms with Gasteiger partial charge >= 0.3 is 0 Å². The monoisotopic (exact) mass is 413 g/mol. The van der Waals surface area contributed by atoms with Gasteiger partial charge in [-0.3, -0.25) is 9.80 Å². The Balaban J connectivity index is 1.21. The Hall–Kier alpha value is -1.73. The number of halogens is 1. The van der Waals surface area contributed by atoms with Gasteiger partial charge in [0.05, 0.1) is 18.2 Å². The van der Waals surface area contributed by atoms with Gasteiger partial charge in [0.25, 0.3) is 0 Å². The van der Waals surface area contributed by atoms with Crippen LogP contribution in [0.1, 0.15) is 18.6 Å². The van der Waals surface area contributed by atoms with Gasteiger partial charge in [0.2, 0.25) is 0 Å². The van der Waals surface area contributed by atoms with Gasteiger partial charge < -0.3 is 14.4 Å². The number of rotatable bonds is 4. The van der Waals surface area contributed by atoms with E-state index in [2.05, 4.69) is 21.7 Å². The standard InChI is InChI=1S/C24H32FN3O2/c1-26-8-10-28(11-9-26)22-12-17-14-27(15-18(17)13-23(22)29)16-19-6-7-24(30-19)20-4-2-3-5-21(20)25/h2-7,17-18,22-23,29H,8-16H2,1H3/t17-,18+,22-,23-/m1/s1. The number of likely N-dealkylation sites (N-methyl/N-ethyl adjacent to an activating group) is 1. The first-order chi connectivity index (χ1) is 14.6. The number of aliphatic hydroxyl groups is 1. The van der Waals surface area contributed by atoms with Crippen molar-refractivity contribution in [3.63, 3.8) is 0 Å². The predicted molar refractivity (Wildman–Crippen MR) is 114 cm³/mol. The molecule has 4 atom stereocenters. The molecular weight excluding hydrogens is 381 g/mol. The van der Waals surface area contributed by atoms with Crippen molar-refractivity contribution >= 4 is 0 Å². The SMILES string of the molecule is CN1CCN([C@@H]2C[C@@H]3CN(Cc4ccc(-c5ccccc5F)o4)C[C@@H]3C[C@H]2O)CC1. The Morgan fingerprint density at radius 3 is 2.50 bits per heavy atom. The number of aliphatic hydroxyl groups excluding tert-OH is 1. The summed E-state index contributed by atoms with van der Waals surface area (Å²) in [4.78, 5) is 7.32. The van der Waals surface area contributed by atoms with Crippen LogP contribution in [0.25, 0.3) is 11.3 Å². The summed E-state index contributed by atoms with van der Waals surface area (Å²) in [5.74, 6) is 2.41. The fourth-order valence-electron chi connectivity index (χ4n) is 5.67. The van der Waals surface area contributed by atoms with Crippen LogP contribution < -0.4 is 0 Å². The molecule has 1 aliphatic carbocycles. The minimum atomic E-state index is -0.255. The molecule has 3 heterocycles. The molecule has 1 saturated carbocycles. The van der Waals surface area contributed by atoms with Crippen molar-refractivity contribution in [2.24, 2.45) is 11.8 Å². The van der Waals surface area contributed by atoms with Crippen LogP contribution in [0.15, 0.2) is 40.8 Å². The van der Waals surface area contributed by atoms with E-state index < -0.39 is 0 Å². The average Bonchev–Trinajstić information content (AvgIpc) is 3.35. The third-order valence-corrected chi connectivity index (χ3v) is 7.37. The van der Waals surface area contributed by atoms with Crippen molar-refractivity contribution in [2.75, 3.05) is 46.3 Å². The first kappa shape index (κ1) is 20.2. The maximum Gasteiger partial charge on any atom is 0.137 e. The molecule has 1 aromatic heterocycles. The maximum atomic E-state index is 14.0. The Morgan fingerprint density at radius 1 is 1.00 bits per heavy atom. The largest absolute Gasteiger partial charge is 0.460 e. The molecule has 1 N–H and O–H groups in total. The fraction of sp³-hybridized carbons (Fsp3) is 0.583. The highest BCUT2D eigenvalue weighted by Gasteiger charge is 2.43. The van der Waals surface area contributed by atoms with E-state index in [4.69, 9.17) is 4.42 Å². The van der Waals surface area contributed by atoms with Gasteiger partial charge in [-0.15, -0.1) is 0 Å². The molecule has 2 aliphatic heterocycles. The number of furan rings is 1. The number of hydrogen-bond donors (Lipinski definition) is 1. The predicted octanol–water partition coefficient (Wildman–Crippen LogP) is 2.90. The van der Waals surface area contributed by atoms with E-state index in [0.717, 1.165) is 64.4 Å². The Labute approximate surface area is 178 Å². The molecule has 5 rings (SSSR count). The van der Waals surface area contributed by atoms with Crippen molar-refractivity contribution < 1.29 is 13.9 Å². The molecule has 0 amide bonds. The topological polar surface area (TPSA) is 43.1 Å². The fourth-order valence-corrected chi connectivity index (χ4v) is 5.67. The lowest BCUT2D eigenvalue weighted by molar-refractivity contribution is -0.0249. The van der Waals surface area contributed by atoms with E-state index in [0.29, 0.717) is 29.2 Å². The normalized spacial score (nSPS) is 31.2. The number of benzene rings is 1. The third kappa shape index (κ3) is 4.06. The zero-order valence-corrected chi connectivity index (χ0v) is 17.7. The van der Waals surface area contributed by atoms with Gasteiger partial charge in [-0.1, -0.05) is 12.1 Å². The lowest BCUT2D eigenvalue weighted by atomic mass is 9.77. The first-order valence-corrected chi connectivity index (χ1v) is 11.2. The smallest absolute Gasteiger partial charge is 0.137 e. The van der Waals surface area contributed by atoms with Crippen LogP contribution in [0.2, 0.25) is 0 Å². The second kappa shape index (κ2) is 8.42. The van der Waals surface area contributed by atoms with Gasteiger partial charge in [0.15, 0.2) is 0 Å². The van der Waals surface area contributed by atoms with E-state index in [1.54, 1.807) is 12.1 Å². The number of piperazine rings is 1. The van der Waals surface area contributed by atoms with E-state index in [-0.39, 0.29) is 11.9 Å². The second-order valence-corrected chi connectivity index (χ2v) is 9.41. The molecule has 0 spiro atoms. The molecule has 3 fully saturated rings. The maximum absolute atomic E-state index is 14.0. The molecule has 6 heteroatoms. The van der Waals surface area contributed by atoms with Crippen LogP contribution in [-0.2, 0) is 6.54 Å². The minimum Gasteiger partial charge on any atom is -0.460 e. The zero-order chi connectivity index (χ0) is 20.7. The zero-order valence-electron chi connectivity index (χ0n) is 17.7.